The fourth-order valence-electron chi connectivity index (χ4n) is 10.1. The highest BCUT2D eigenvalue weighted by Crippen LogP contribution is 2.58. The molecule has 0 aromatic heterocycles. The van der Waals surface area contributed by atoms with Gasteiger partial charge in [-0.25, -0.2) is 0 Å². The van der Waals surface area contributed by atoms with Crippen molar-refractivity contribution in [1.82, 2.24) is 0 Å². The summed E-state index contributed by atoms with van der Waals surface area (Å²) in [4.78, 5) is 0. The Kier molecular flexibility index (Phi) is 11.7. The molecule has 0 aliphatic heterocycles. The molecule has 0 saturated carbocycles. The van der Waals surface area contributed by atoms with E-state index in [-0.39, 0.29) is 13.2 Å². The van der Waals surface area contributed by atoms with Gasteiger partial charge < -0.3 is 29.2 Å². The van der Waals surface area contributed by atoms with E-state index in [0.29, 0.717) is 39.6 Å². The minimum absolute atomic E-state index is 0.0111. The molecular formula is C61H50O6. The van der Waals surface area contributed by atoms with Crippen LogP contribution in [-0.2, 0) is 14.9 Å². The van der Waals surface area contributed by atoms with Gasteiger partial charge in [-0.2, -0.15) is 0 Å². The Balaban J connectivity index is 1.12. The number of aliphatic hydroxyl groups is 2. The number of hydrogen-bond acceptors (Lipinski definition) is 6. The molecule has 10 aromatic rings. The lowest BCUT2D eigenvalue weighted by molar-refractivity contribution is 0.0705. The number of hydrogen-bond donors (Lipinski definition) is 2. The van der Waals surface area contributed by atoms with Gasteiger partial charge in [-0.15, -0.1) is 0 Å². The lowest BCUT2D eigenvalue weighted by Gasteiger charge is -2.35. The summed E-state index contributed by atoms with van der Waals surface area (Å²) in [7, 11) is 0. The molecule has 0 saturated heterocycles. The highest BCUT2D eigenvalue weighted by atomic mass is 16.5. The van der Waals surface area contributed by atoms with Crippen molar-refractivity contribution in [3.63, 3.8) is 0 Å². The molecule has 0 amide bonds. The molecule has 0 unspecified atom stereocenters. The Morgan fingerprint density at radius 1 is 0.313 bits per heavy atom. The maximum atomic E-state index is 9.13. The van der Waals surface area contributed by atoms with Crippen molar-refractivity contribution in [2.24, 2.45) is 0 Å². The van der Waals surface area contributed by atoms with Crippen LogP contribution in [0.1, 0.15) is 22.3 Å². The topological polar surface area (TPSA) is 77.4 Å². The smallest absolute Gasteiger partial charge is 0.120 e. The summed E-state index contributed by atoms with van der Waals surface area (Å²) in [5.41, 5.74) is 11.1. The van der Waals surface area contributed by atoms with Crippen LogP contribution in [0.25, 0.3) is 76.5 Å². The second-order valence-corrected chi connectivity index (χ2v) is 17.2. The van der Waals surface area contributed by atoms with Crippen LogP contribution in [0, 0.1) is 0 Å². The molecule has 10 aromatic carbocycles. The molecule has 0 heterocycles. The molecule has 2 N–H and O–H groups in total. The van der Waals surface area contributed by atoms with Crippen molar-refractivity contribution in [3.05, 3.63) is 216 Å². The molecule has 6 heteroatoms. The fourth-order valence-corrected chi connectivity index (χ4v) is 10.1. The normalized spacial score (nSPS) is 12.7. The average Bonchev–Trinajstić information content (AvgIpc) is 3.67. The minimum Gasteiger partial charge on any atom is -0.491 e. The van der Waals surface area contributed by atoms with E-state index >= 15 is 0 Å². The van der Waals surface area contributed by atoms with Gasteiger partial charge in [0.15, 0.2) is 0 Å². The van der Waals surface area contributed by atoms with Gasteiger partial charge in [-0.05, 0) is 159 Å². The van der Waals surface area contributed by atoms with E-state index in [1.54, 1.807) is 0 Å². The van der Waals surface area contributed by atoms with Crippen molar-refractivity contribution in [3.8, 4) is 44.9 Å². The summed E-state index contributed by atoms with van der Waals surface area (Å²) >= 11 is 0. The summed E-state index contributed by atoms with van der Waals surface area (Å²) in [5, 5.41) is 27.5. The largest absolute Gasteiger partial charge is 0.491 e. The van der Waals surface area contributed by atoms with Crippen LogP contribution in [-0.4, -0.2) is 63.1 Å². The molecule has 67 heavy (non-hydrogen) atoms. The Morgan fingerprint density at radius 3 is 1.15 bits per heavy atom. The second kappa shape index (κ2) is 18.5. The van der Waals surface area contributed by atoms with Crippen LogP contribution in [0.15, 0.2) is 194 Å². The summed E-state index contributed by atoms with van der Waals surface area (Å²) in [6, 6.07) is 71.2. The molecule has 6 nitrogen and oxygen atoms in total. The maximum absolute atomic E-state index is 9.13. The van der Waals surface area contributed by atoms with Gasteiger partial charge in [0.2, 0.25) is 0 Å². The summed E-state index contributed by atoms with van der Waals surface area (Å²) in [6.45, 7) is 2.16. The monoisotopic (exact) mass is 878 g/mol. The zero-order chi connectivity index (χ0) is 45.2. The first-order valence-electron chi connectivity index (χ1n) is 23.1. The predicted molar refractivity (Wildman–Crippen MR) is 271 cm³/mol. The van der Waals surface area contributed by atoms with Crippen LogP contribution >= 0.6 is 0 Å². The third kappa shape index (κ3) is 8.09. The van der Waals surface area contributed by atoms with Crippen LogP contribution in [0.5, 0.6) is 11.5 Å². The van der Waals surface area contributed by atoms with E-state index < -0.39 is 5.41 Å². The molecule has 1 aliphatic rings. The van der Waals surface area contributed by atoms with E-state index in [9.17, 15) is 0 Å². The van der Waals surface area contributed by atoms with E-state index in [1.165, 1.54) is 66.1 Å². The first-order valence-corrected chi connectivity index (χ1v) is 23.1. The second-order valence-electron chi connectivity index (χ2n) is 17.2. The molecule has 0 spiro atoms. The molecule has 1 aliphatic carbocycles. The average molecular weight is 879 g/mol. The predicted octanol–water partition coefficient (Wildman–Crippen LogP) is 12.8. The highest BCUT2D eigenvalue weighted by Gasteiger charge is 2.47. The molecule has 0 fully saturated rings. The number of fused-ring (bicyclic) bond motifs is 7. The quantitative estimate of drug-likeness (QED) is 0.0942. The van der Waals surface area contributed by atoms with Crippen molar-refractivity contribution < 1.29 is 29.2 Å². The molecular weight excluding hydrogens is 829 g/mol. The number of benzene rings is 10. The summed E-state index contributed by atoms with van der Waals surface area (Å²) < 4.78 is 23.1. The lowest BCUT2D eigenvalue weighted by atomic mass is 9.66. The third-order valence-electron chi connectivity index (χ3n) is 13.3. The van der Waals surface area contributed by atoms with E-state index in [0.717, 1.165) is 44.2 Å². The van der Waals surface area contributed by atoms with Gasteiger partial charge in [-0.1, -0.05) is 133 Å². The summed E-state index contributed by atoms with van der Waals surface area (Å²) in [6.07, 6.45) is 0. The van der Waals surface area contributed by atoms with Gasteiger partial charge in [0.25, 0.3) is 0 Å². The molecule has 11 rings (SSSR count). The van der Waals surface area contributed by atoms with Gasteiger partial charge in [0, 0.05) is 0 Å². The number of rotatable bonds is 16. The number of aliphatic hydroxyl groups excluding tert-OH is 2. The first-order chi connectivity index (χ1) is 33.1. The van der Waals surface area contributed by atoms with Crippen molar-refractivity contribution >= 4 is 43.1 Å². The molecule has 0 bridgehead atoms. The SMILES string of the molecule is OCCOCCOc1ccc2cc(C3(c4ccc5cc(OCCOCCO)ccc5c4)c4cc(-c5ccc6ccccc6c5)ccc4-c4ccc(-c5ccc6ccccc6c5)cc43)ccc2c1. The fraction of sp³-hybridized carbons (Fsp3) is 0.148. The van der Waals surface area contributed by atoms with Crippen molar-refractivity contribution in [2.75, 3.05) is 52.9 Å². The number of ether oxygens (including phenoxy) is 4. The van der Waals surface area contributed by atoms with Gasteiger partial charge in [-0.3, -0.25) is 0 Å². The first kappa shape index (κ1) is 42.3. The Hall–Kier alpha value is -7.32. The molecule has 330 valence electrons. The summed E-state index contributed by atoms with van der Waals surface area (Å²) in [5.74, 6) is 1.55. The van der Waals surface area contributed by atoms with E-state index in [1.807, 2.05) is 12.1 Å². The minimum atomic E-state index is -0.731. The van der Waals surface area contributed by atoms with Gasteiger partial charge in [0.05, 0.1) is 45.1 Å². The molecule has 0 radical (unpaired) electrons. The third-order valence-corrected chi connectivity index (χ3v) is 13.3. The highest BCUT2D eigenvalue weighted by molar-refractivity contribution is 5.96. The van der Waals surface area contributed by atoms with Crippen molar-refractivity contribution in [2.45, 2.75) is 5.41 Å². The van der Waals surface area contributed by atoms with Crippen molar-refractivity contribution in [1.29, 1.82) is 0 Å². The van der Waals surface area contributed by atoms with E-state index in [4.69, 9.17) is 29.2 Å². The van der Waals surface area contributed by atoms with Crippen LogP contribution in [0.2, 0.25) is 0 Å². The Bertz CT molecular complexity index is 3200. The van der Waals surface area contributed by atoms with Crippen LogP contribution < -0.4 is 9.47 Å². The van der Waals surface area contributed by atoms with Crippen LogP contribution in [0.3, 0.4) is 0 Å². The lowest BCUT2D eigenvalue weighted by Crippen LogP contribution is -2.28. The Morgan fingerprint density at radius 2 is 0.687 bits per heavy atom. The standard InChI is InChI=1S/C61H50O6/c62-25-27-64-29-31-66-55-21-15-47-35-53(19-13-49(47)37-55)61(54-20-14-50-38-56(22-16-48(50)36-54)67-32-30-65-28-26-63)59-39-51(45-11-9-41-5-1-3-7-43(41)33-45)17-23-57(59)58-24-18-52(40-60(58)61)46-12-10-42-6-2-4-8-44(42)34-46/h1-24,33-40,62-63H,25-32H2. The van der Waals surface area contributed by atoms with Crippen LogP contribution in [0.4, 0.5) is 0 Å². The maximum Gasteiger partial charge on any atom is 0.120 e. The zero-order valence-electron chi connectivity index (χ0n) is 37.2. The van der Waals surface area contributed by atoms with E-state index in [2.05, 4.69) is 182 Å². The van der Waals surface area contributed by atoms with Gasteiger partial charge in [0.1, 0.15) is 24.7 Å². The van der Waals surface area contributed by atoms with Gasteiger partial charge >= 0.3 is 0 Å². The Labute approximate surface area is 390 Å². The zero-order valence-corrected chi connectivity index (χ0v) is 37.2. The molecule has 0 atom stereocenters.